The van der Waals surface area contributed by atoms with Crippen molar-refractivity contribution >= 4 is 0 Å². The summed E-state index contributed by atoms with van der Waals surface area (Å²) in [4.78, 5) is 4.01. The lowest BCUT2D eigenvalue weighted by atomic mass is 10.0. The van der Waals surface area contributed by atoms with E-state index in [1.165, 1.54) is 12.0 Å². The number of nitrogens with zero attached hydrogens (tertiary/aromatic N) is 1. The third kappa shape index (κ3) is 1.48. The fraction of sp³-hybridized carbons (Fsp3) is 0.500. The third-order valence-corrected chi connectivity index (χ3v) is 2.46. The maximum Gasteiger partial charge on any atom is 0.0324 e. The third-order valence-electron chi connectivity index (χ3n) is 2.46. The van der Waals surface area contributed by atoms with Crippen molar-refractivity contribution in [3.05, 3.63) is 30.1 Å². The van der Waals surface area contributed by atoms with Gasteiger partial charge in [-0.2, -0.15) is 0 Å². The molecule has 1 aliphatic heterocycles. The fourth-order valence-electron chi connectivity index (χ4n) is 1.76. The average molecular weight is 162 g/mol. The van der Waals surface area contributed by atoms with E-state index in [9.17, 15) is 0 Å². The standard InChI is InChI=1S/C10H14N2/c1-8-6-10(12-7-8)9-2-4-11-5-3-9/h2-5,8,10,12H,6-7H2,1H3. The van der Waals surface area contributed by atoms with Crippen molar-refractivity contribution < 1.29 is 0 Å². The Bertz CT molecular complexity index is 245. The molecule has 12 heavy (non-hydrogen) atoms. The molecule has 1 aromatic heterocycles. The van der Waals surface area contributed by atoms with Crippen molar-refractivity contribution in [3.63, 3.8) is 0 Å². The quantitative estimate of drug-likeness (QED) is 0.680. The monoisotopic (exact) mass is 162 g/mol. The van der Waals surface area contributed by atoms with Gasteiger partial charge >= 0.3 is 0 Å². The predicted molar refractivity (Wildman–Crippen MR) is 48.8 cm³/mol. The van der Waals surface area contributed by atoms with Gasteiger partial charge in [-0.15, -0.1) is 0 Å². The molecule has 2 heteroatoms. The van der Waals surface area contributed by atoms with Crippen LogP contribution in [0.25, 0.3) is 0 Å². The number of nitrogens with one attached hydrogen (secondary N) is 1. The highest BCUT2D eigenvalue weighted by molar-refractivity contribution is 5.16. The van der Waals surface area contributed by atoms with Crippen LogP contribution in [0.5, 0.6) is 0 Å². The Morgan fingerprint density at radius 3 is 2.75 bits per heavy atom. The van der Waals surface area contributed by atoms with Crippen molar-refractivity contribution in [2.45, 2.75) is 19.4 Å². The summed E-state index contributed by atoms with van der Waals surface area (Å²) in [7, 11) is 0. The first-order chi connectivity index (χ1) is 5.86. The lowest BCUT2D eigenvalue weighted by Crippen LogP contribution is -2.13. The van der Waals surface area contributed by atoms with Crippen molar-refractivity contribution in [2.75, 3.05) is 6.54 Å². The predicted octanol–water partition coefficient (Wildman–Crippen LogP) is 1.75. The van der Waals surface area contributed by atoms with Gasteiger partial charge < -0.3 is 5.32 Å². The minimum absolute atomic E-state index is 0.558. The molecule has 1 aliphatic rings. The first-order valence-electron chi connectivity index (χ1n) is 4.49. The average Bonchev–Trinajstić information content (AvgIpc) is 2.54. The molecule has 1 N–H and O–H groups in total. The van der Waals surface area contributed by atoms with E-state index in [4.69, 9.17) is 0 Å². The summed E-state index contributed by atoms with van der Waals surface area (Å²) in [6.07, 6.45) is 4.98. The van der Waals surface area contributed by atoms with Gasteiger partial charge in [-0.25, -0.2) is 0 Å². The summed E-state index contributed by atoms with van der Waals surface area (Å²) in [6.45, 7) is 3.43. The number of hydrogen-bond acceptors (Lipinski definition) is 2. The Labute approximate surface area is 73.0 Å². The van der Waals surface area contributed by atoms with Gasteiger partial charge in [0.1, 0.15) is 0 Å². The molecule has 0 spiro atoms. The largest absolute Gasteiger partial charge is 0.310 e. The van der Waals surface area contributed by atoms with E-state index >= 15 is 0 Å². The molecule has 1 saturated heterocycles. The Balaban J connectivity index is 2.11. The maximum atomic E-state index is 4.01. The van der Waals surface area contributed by atoms with Crippen LogP contribution in [0.1, 0.15) is 24.9 Å². The van der Waals surface area contributed by atoms with Gasteiger partial charge in [-0.3, -0.25) is 4.98 Å². The van der Waals surface area contributed by atoms with E-state index in [-0.39, 0.29) is 0 Å². The van der Waals surface area contributed by atoms with Crippen LogP contribution in [-0.2, 0) is 0 Å². The normalized spacial score (nSPS) is 29.1. The van der Waals surface area contributed by atoms with Gasteiger partial charge in [0.05, 0.1) is 0 Å². The Hall–Kier alpha value is -0.890. The van der Waals surface area contributed by atoms with E-state index in [2.05, 4.69) is 29.4 Å². The van der Waals surface area contributed by atoms with Crippen LogP contribution in [-0.4, -0.2) is 11.5 Å². The molecule has 0 bridgehead atoms. The molecule has 64 valence electrons. The van der Waals surface area contributed by atoms with Crippen LogP contribution in [0.4, 0.5) is 0 Å². The summed E-state index contributed by atoms with van der Waals surface area (Å²) in [5.41, 5.74) is 1.37. The second-order valence-electron chi connectivity index (χ2n) is 3.58. The van der Waals surface area contributed by atoms with E-state index in [0.717, 1.165) is 12.5 Å². The van der Waals surface area contributed by atoms with Gasteiger partial charge in [0, 0.05) is 18.4 Å². The molecule has 0 saturated carbocycles. The van der Waals surface area contributed by atoms with Crippen LogP contribution >= 0.6 is 0 Å². The van der Waals surface area contributed by atoms with Crippen LogP contribution in [0.3, 0.4) is 0 Å². The summed E-state index contributed by atoms with van der Waals surface area (Å²) < 4.78 is 0. The van der Waals surface area contributed by atoms with E-state index in [1.54, 1.807) is 0 Å². The van der Waals surface area contributed by atoms with Crippen molar-refractivity contribution in [1.29, 1.82) is 0 Å². The molecule has 2 nitrogen and oxygen atoms in total. The molecular weight excluding hydrogens is 148 g/mol. The summed E-state index contributed by atoms with van der Waals surface area (Å²) in [5.74, 6) is 0.808. The number of pyridine rings is 1. The highest BCUT2D eigenvalue weighted by atomic mass is 14.9. The second kappa shape index (κ2) is 3.23. The number of hydrogen-bond donors (Lipinski definition) is 1. The van der Waals surface area contributed by atoms with Crippen LogP contribution in [0.2, 0.25) is 0 Å². The van der Waals surface area contributed by atoms with Crippen LogP contribution in [0.15, 0.2) is 24.5 Å². The molecule has 2 unspecified atom stereocenters. The lowest BCUT2D eigenvalue weighted by molar-refractivity contribution is 0.611. The zero-order valence-electron chi connectivity index (χ0n) is 7.33. The molecule has 1 aromatic rings. The van der Waals surface area contributed by atoms with Gasteiger partial charge in [0.2, 0.25) is 0 Å². The molecule has 2 rings (SSSR count). The Kier molecular flexibility index (Phi) is 2.09. The molecular formula is C10H14N2. The van der Waals surface area contributed by atoms with Crippen molar-refractivity contribution in [2.24, 2.45) is 5.92 Å². The first-order valence-corrected chi connectivity index (χ1v) is 4.49. The van der Waals surface area contributed by atoms with Crippen molar-refractivity contribution in [1.82, 2.24) is 10.3 Å². The molecule has 2 atom stereocenters. The Morgan fingerprint density at radius 1 is 1.42 bits per heavy atom. The number of aromatic nitrogens is 1. The van der Waals surface area contributed by atoms with Gasteiger partial charge in [-0.05, 0) is 36.6 Å². The zero-order chi connectivity index (χ0) is 8.39. The second-order valence-corrected chi connectivity index (χ2v) is 3.58. The molecule has 1 fully saturated rings. The Morgan fingerprint density at radius 2 is 2.17 bits per heavy atom. The minimum Gasteiger partial charge on any atom is -0.310 e. The lowest BCUT2D eigenvalue weighted by Gasteiger charge is -2.09. The highest BCUT2D eigenvalue weighted by Gasteiger charge is 2.21. The van der Waals surface area contributed by atoms with Gasteiger partial charge in [0.15, 0.2) is 0 Å². The van der Waals surface area contributed by atoms with Crippen LogP contribution in [0, 0.1) is 5.92 Å². The summed E-state index contributed by atoms with van der Waals surface area (Å²) >= 11 is 0. The summed E-state index contributed by atoms with van der Waals surface area (Å²) in [5, 5.41) is 3.49. The first kappa shape index (κ1) is 7.74. The molecule has 0 radical (unpaired) electrons. The molecule has 0 aromatic carbocycles. The van der Waals surface area contributed by atoms with E-state index < -0.39 is 0 Å². The zero-order valence-corrected chi connectivity index (χ0v) is 7.33. The SMILES string of the molecule is CC1CNC(c2ccncc2)C1. The van der Waals surface area contributed by atoms with Gasteiger partial charge in [0.25, 0.3) is 0 Å². The number of rotatable bonds is 1. The smallest absolute Gasteiger partial charge is 0.0324 e. The maximum absolute atomic E-state index is 4.01. The fourth-order valence-corrected chi connectivity index (χ4v) is 1.76. The molecule has 0 amide bonds. The van der Waals surface area contributed by atoms with E-state index in [0.29, 0.717) is 6.04 Å². The highest BCUT2D eigenvalue weighted by Crippen LogP contribution is 2.25. The van der Waals surface area contributed by atoms with Gasteiger partial charge in [-0.1, -0.05) is 6.92 Å². The van der Waals surface area contributed by atoms with Crippen molar-refractivity contribution in [3.8, 4) is 0 Å². The topological polar surface area (TPSA) is 24.9 Å². The van der Waals surface area contributed by atoms with E-state index in [1.807, 2.05) is 12.4 Å². The molecule has 2 heterocycles. The van der Waals surface area contributed by atoms with Crippen LogP contribution < -0.4 is 5.32 Å². The summed E-state index contributed by atoms with van der Waals surface area (Å²) in [6, 6.07) is 4.74. The minimum atomic E-state index is 0.558. The molecule has 0 aliphatic carbocycles.